The van der Waals surface area contributed by atoms with E-state index < -0.39 is 5.97 Å². The topological polar surface area (TPSA) is 26.3 Å². The van der Waals surface area contributed by atoms with Crippen molar-refractivity contribution in [3.8, 4) is 5.75 Å². The first-order valence-electron chi connectivity index (χ1n) is 12.9. The molecule has 34 heavy (non-hydrogen) atoms. The number of aryl methyl sites for hydroxylation is 1. The Morgan fingerprint density at radius 3 is 2.41 bits per heavy atom. The number of halogens is 1. The van der Waals surface area contributed by atoms with Gasteiger partial charge in [-0.05, 0) is 117 Å². The van der Waals surface area contributed by atoms with Crippen molar-refractivity contribution in [1.82, 2.24) is 0 Å². The summed E-state index contributed by atoms with van der Waals surface area (Å²) < 4.78 is 20.6. The number of rotatable bonds is 9. The average Bonchev–Trinajstić information content (AvgIpc) is 2.86. The number of fused-ring (bicyclic) bond motifs is 1. The summed E-state index contributed by atoms with van der Waals surface area (Å²) in [5.41, 5.74) is 2.18. The Kier molecular flexibility index (Phi) is 8.37. The number of carbonyl (C=O) groups excluding carboxylic acids is 1. The van der Waals surface area contributed by atoms with Crippen LogP contribution in [0.25, 0.3) is 0 Å². The molecule has 0 radical (unpaired) electrons. The summed E-state index contributed by atoms with van der Waals surface area (Å²) in [7, 11) is 0. The van der Waals surface area contributed by atoms with Crippen LogP contribution < -0.4 is 4.74 Å². The van der Waals surface area contributed by atoms with Gasteiger partial charge in [0.15, 0.2) is 0 Å². The van der Waals surface area contributed by atoms with E-state index >= 15 is 4.39 Å². The van der Waals surface area contributed by atoms with Gasteiger partial charge in [0.2, 0.25) is 0 Å². The average molecular weight is 461 g/mol. The Balaban J connectivity index is 1.34. The summed E-state index contributed by atoms with van der Waals surface area (Å²) in [6.45, 7) is 7.60. The van der Waals surface area contributed by atoms with Crippen LogP contribution in [-0.2, 0) is 6.42 Å². The third kappa shape index (κ3) is 6.05. The van der Waals surface area contributed by atoms with E-state index in [9.17, 15) is 4.79 Å². The first-order chi connectivity index (χ1) is 16.6. The van der Waals surface area contributed by atoms with Crippen molar-refractivity contribution >= 4 is 5.97 Å². The maximum absolute atomic E-state index is 15.1. The lowest BCUT2D eigenvalue weighted by Crippen LogP contribution is -2.30. The van der Waals surface area contributed by atoms with E-state index in [-0.39, 0.29) is 17.3 Å². The highest BCUT2D eigenvalue weighted by Crippen LogP contribution is 2.48. The predicted molar refractivity (Wildman–Crippen MR) is 137 cm³/mol. The smallest absolute Gasteiger partial charge is 0.343 e. The standard InChI is InChI=1S/C31H37FO2/c1-3-5-7-22-10-16-28(17-11-22)34-31(33)27-15-18-29(30(32)21-27)26-14-13-24-19-23(8-6-4-2)9-12-25(24)20-26/h3-4,10-11,15-18,21,23-26H,1-2,5-9,12-14,19-20H2. The summed E-state index contributed by atoms with van der Waals surface area (Å²) in [6.07, 6.45) is 15.3. The minimum Gasteiger partial charge on any atom is -0.423 e. The Morgan fingerprint density at radius 1 is 0.941 bits per heavy atom. The fourth-order valence-electron chi connectivity index (χ4n) is 6.03. The van der Waals surface area contributed by atoms with Gasteiger partial charge in [-0.3, -0.25) is 0 Å². The molecule has 2 aromatic rings. The molecule has 0 bridgehead atoms. The molecule has 2 aliphatic rings. The molecule has 0 aromatic heterocycles. The molecular weight excluding hydrogens is 423 g/mol. The van der Waals surface area contributed by atoms with Gasteiger partial charge in [0.05, 0.1) is 5.56 Å². The summed E-state index contributed by atoms with van der Waals surface area (Å²) in [5.74, 6) is 2.25. The van der Waals surface area contributed by atoms with Gasteiger partial charge in [-0.1, -0.05) is 36.8 Å². The van der Waals surface area contributed by atoms with Gasteiger partial charge in [-0.25, -0.2) is 9.18 Å². The number of benzene rings is 2. The highest BCUT2D eigenvalue weighted by molar-refractivity contribution is 5.91. The molecule has 0 N–H and O–H groups in total. The molecule has 2 fully saturated rings. The van der Waals surface area contributed by atoms with Crippen LogP contribution in [0.15, 0.2) is 67.8 Å². The minimum absolute atomic E-state index is 0.249. The fourth-order valence-corrected chi connectivity index (χ4v) is 6.03. The Labute approximate surface area is 203 Å². The molecule has 0 spiro atoms. The lowest BCUT2D eigenvalue weighted by molar-refractivity contribution is 0.0734. The van der Waals surface area contributed by atoms with E-state index in [1.54, 1.807) is 18.2 Å². The van der Waals surface area contributed by atoms with Gasteiger partial charge >= 0.3 is 5.97 Å². The monoisotopic (exact) mass is 460 g/mol. The molecule has 4 rings (SSSR count). The van der Waals surface area contributed by atoms with Crippen molar-refractivity contribution in [3.05, 3.63) is 90.3 Å². The second kappa shape index (κ2) is 11.6. The lowest BCUT2D eigenvalue weighted by Gasteiger charge is -2.42. The van der Waals surface area contributed by atoms with Crippen LogP contribution in [0, 0.1) is 23.6 Å². The molecule has 2 aromatic carbocycles. The molecule has 0 amide bonds. The van der Waals surface area contributed by atoms with Crippen molar-refractivity contribution in [1.29, 1.82) is 0 Å². The molecule has 2 saturated carbocycles. The van der Waals surface area contributed by atoms with Crippen LogP contribution >= 0.6 is 0 Å². The number of hydrogen-bond acceptors (Lipinski definition) is 2. The number of carbonyl (C=O) groups is 1. The summed E-state index contributed by atoms with van der Waals surface area (Å²) in [4.78, 5) is 12.6. The number of esters is 1. The normalized spacial score (nSPS) is 24.1. The van der Waals surface area contributed by atoms with Gasteiger partial charge in [-0.15, -0.1) is 13.2 Å². The van der Waals surface area contributed by atoms with Gasteiger partial charge in [-0.2, -0.15) is 0 Å². The third-order valence-electron chi connectivity index (χ3n) is 7.95. The van der Waals surface area contributed by atoms with E-state index in [2.05, 4.69) is 13.2 Å². The number of ether oxygens (including phenoxy) is 1. The van der Waals surface area contributed by atoms with Crippen LogP contribution in [0.5, 0.6) is 5.75 Å². The van der Waals surface area contributed by atoms with E-state index in [4.69, 9.17) is 4.74 Å². The van der Waals surface area contributed by atoms with E-state index in [0.717, 1.165) is 55.1 Å². The van der Waals surface area contributed by atoms with Crippen molar-refractivity contribution in [2.75, 3.05) is 0 Å². The maximum Gasteiger partial charge on any atom is 0.343 e. The SMILES string of the molecule is C=CCCc1ccc(OC(=O)c2ccc(C3CCC4CC(CCC=C)CCC4C3)c(F)c2)cc1. The van der Waals surface area contributed by atoms with E-state index in [1.165, 1.54) is 38.2 Å². The first-order valence-corrected chi connectivity index (χ1v) is 12.9. The van der Waals surface area contributed by atoms with Gasteiger partial charge in [0.25, 0.3) is 0 Å². The largest absolute Gasteiger partial charge is 0.423 e. The highest BCUT2D eigenvalue weighted by Gasteiger charge is 2.36. The zero-order chi connectivity index (χ0) is 23.9. The van der Waals surface area contributed by atoms with E-state index in [1.807, 2.05) is 30.4 Å². The Bertz CT molecular complexity index is 993. The quantitative estimate of drug-likeness (QED) is 0.213. The first kappa shape index (κ1) is 24.4. The van der Waals surface area contributed by atoms with Crippen LogP contribution in [0.3, 0.4) is 0 Å². The molecule has 4 unspecified atom stereocenters. The molecule has 0 aliphatic heterocycles. The van der Waals surface area contributed by atoms with Crippen LogP contribution in [0.1, 0.15) is 85.2 Å². The number of hydrogen-bond donors (Lipinski definition) is 0. The third-order valence-corrected chi connectivity index (χ3v) is 7.95. The lowest BCUT2D eigenvalue weighted by atomic mass is 9.63. The van der Waals surface area contributed by atoms with Crippen LogP contribution in [0.4, 0.5) is 4.39 Å². The van der Waals surface area contributed by atoms with Crippen molar-refractivity contribution in [2.24, 2.45) is 17.8 Å². The van der Waals surface area contributed by atoms with Crippen LogP contribution in [0.2, 0.25) is 0 Å². The van der Waals surface area contributed by atoms with Gasteiger partial charge < -0.3 is 4.74 Å². The molecule has 3 heteroatoms. The molecule has 0 saturated heterocycles. The molecule has 2 aliphatic carbocycles. The second-order valence-electron chi connectivity index (χ2n) is 10.2. The Morgan fingerprint density at radius 2 is 1.68 bits per heavy atom. The Hall–Kier alpha value is -2.68. The molecule has 2 nitrogen and oxygen atoms in total. The van der Waals surface area contributed by atoms with Crippen LogP contribution in [-0.4, -0.2) is 5.97 Å². The second-order valence-corrected chi connectivity index (χ2v) is 10.2. The van der Waals surface area contributed by atoms with Gasteiger partial charge in [0.1, 0.15) is 11.6 Å². The molecule has 0 heterocycles. The van der Waals surface area contributed by atoms with Crippen molar-refractivity contribution in [2.45, 2.75) is 70.1 Å². The molecular formula is C31H37FO2. The van der Waals surface area contributed by atoms with E-state index in [0.29, 0.717) is 11.7 Å². The molecule has 4 atom stereocenters. The molecule has 180 valence electrons. The zero-order valence-corrected chi connectivity index (χ0v) is 20.2. The fraction of sp³-hybridized carbons (Fsp3) is 0.452. The van der Waals surface area contributed by atoms with Gasteiger partial charge in [0, 0.05) is 0 Å². The van der Waals surface area contributed by atoms with Crippen molar-refractivity contribution < 1.29 is 13.9 Å². The van der Waals surface area contributed by atoms with Crippen molar-refractivity contribution in [3.63, 3.8) is 0 Å². The maximum atomic E-state index is 15.1. The minimum atomic E-state index is -0.522. The zero-order valence-electron chi connectivity index (χ0n) is 20.2. The highest BCUT2D eigenvalue weighted by atomic mass is 19.1. The predicted octanol–water partition coefficient (Wildman–Crippen LogP) is 8.43. The summed E-state index contributed by atoms with van der Waals surface area (Å²) >= 11 is 0. The summed E-state index contributed by atoms with van der Waals surface area (Å²) in [5, 5.41) is 0. The number of allylic oxidation sites excluding steroid dienone is 2. The summed E-state index contributed by atoms with van der Waals surface area (Å²) in [6, 6.07) is 12.3.